The molecule has 1 aromatic carbocycles. The number of rotatable bonds is 5. The number of carbonyl (C=O) groups excluding carboxylic acids is 1. The molecule has 1 amide bonds. The Kier molecular flexibility index (Phi) is 9.50. The number of halogens is 3. The lowest BCUT2D eigenvalue weighted by atomic mass is 9.92. The van der Waals surface area contributed by atoms with E-state index in [1.165, 1.54) is 23.5 Å². The Morgan fingerprint density at radius 3 is 2.50 bits per heavy atom. The summed E-state index contributed by atoms with van der Waals surface area (Å²) in [6, 6.07) is 6.95. The van der Waals surface area contributed by atoms with Gasteiger partial charge in [0, 0.05) is 23.9 Å². The summed E-state index contributed by atoms with van der Waals surface area (Å²) in [5, 5.41) is 5.95. The second-order valence-electron chi connectivity index (χ2n) is 6.39. The van der Waals surface area contributed by atoms with E-state index in [4.69, 9.17) is 5.73 Å². The van der Waals surface area contributed by atoms with Crippen molar-refractivity contribution >= 4 is 42.1 Å². The molecular weight excluding hydrogens is 396 g/mol. The Morgan fingerprint density at radius 2 is 1.85 bits per heavy atom. The second kappa shape index (κ2) is 10.8. The highest BCUT2D eigenvalue weighted by molar-refractivity contribution is 7.09. The molecule has 1 saturated carbocycles. The summed E-state index contributed by atoms with van der Waals surface area (Å²) in [6.07, 6.45) is 4.84. The average Bonchev–Trinajstić information content (AvgIpc) is 2.99. The lowest BCUT2D eigenvalue weighted by molar-refractivity contribution is -0.121. The summed E-state index contributed by atoms with van der Waals surface area (Å²) >= 11 is 1.54. The predicted molar refractivity (Wildman–Crippen MR) is 108 cm³/mol. The molecule has 0 aliphatic heterocycles. The van der Waals surface area contributed by atoms with Crippen LogP contribution < -0.4 is 11.1 Å². The lowest BCUT2D eigenvalue weighted by Crippen LogP contribution is -2.41. The van der Waals surface area contributed by atoms with Gasteiger partial charge in [0.1, 0.15) is 5.82 Å². The van der Waals surface area contributed by atoms with Crippen LogP contribution in [0.25, 0.3) is 0 Å². The van der Waals surface area contributed by atoms with Crippen molar-refractivity contribution in [2.24, 2.45) is 5.73 Å². The van der Waals surface area contributed by atoms with Crippen molar-refractivity contribution in [2.75, 3.05) is 0 Å². The minimum atomic E-state index is -0.237. The van der Waals surface area contributed by atoms with Crippen LogP contribution in [0.4, 0.5) is 4.39 Å². The number of nitrogens with one attached hydrogen (secondary N) is 1. The Labute approximate surface area is 169 Å². The third kappa shape index (κ3) is 6.83. The minimum Gasteiger partial charge on any atom is -0.353 e. The summed E-state index contributed by atoms with van der Waals surface area (Å²) in [5.41, 5.74) is 7.69. The quantitative estimate of drug-likeness (QED) is 0.776. The van der Waals surface area contributed by atoms with Gasteiger partial charge in [-0.3, -0.25) is 4.79 Å². The average molecular weight is 420 g/mol. The van der Waals surface area contributed by atoms with E-state index in [9.17, 15) is 9.18 Å². The first kappa shape index (κ1) is 22.8. The SMILES string of the molecule is Cl.Cl.NC1CCC(NC(=O)Cc2csc(Cc3ccc(F)cc3)n2)CC1. The number of carbonyl (C=O) groups is 1. The van der Waals surface area contributed by atoms with E-state index < -0.39 is 0 Å². The Hall–Kier alpha value is -1.21. The van der Waals surface area contributed by atoms with Crippen LogP contribution in [0.2, 0.25) is 0 Å². The van der Waals surface area contributed by atoms with E-state index in [-0.39, 0.29) is 48.6 Å². The standard InChI is InChI=1S/C18H22FN3OS.2ClH/c19-13-3-1-12(2-4-13)9-18-22-16(11-24-18)10-17(23)21-15-7-5-14(20)6-8-15;;/h1-4,11,14-15H,5-10,20H2,(H,21,23);2*1H. The molecule has 1 heterocycles. The highest BCUT2D eigenvalue weighted by Crippen LogP contribution is 2.18. The first-order valence-electron chi connectivity index (χ1n) is 8.31. The monoisotopic (exact) mass is 419 g/mol. The molecule has 1 fully saturated rings. The fourth-order valence-corrected chi connectivity index (χ4v) is 3.82. The molecule has 0 bridgehead atoms. The summed E-state index contributed by atoms with van der Waals surface area (Å²) in [5.74, 6) is -0.215. The largest absolute Gasteiger partial charge is 0.353 e. The molecule has 0 radical (unpaired) electrons. The normalized spacial score (nSPS) is 19.2. The van der Waals surface area contributed by atoms with E-state index in [1.807, 2.05) is 5.38 Å². The Balaban J connectivity index is 0.00000169. The smallest absolute Gasteiger partial charge is 0.226 e. The van der Waals surface area contributed by atoms with Gasteiger partial charge in [0.05, 0.1) is 17.1 Å². The first-order valence-corrected chi connectivity index (χ1v) is 9.19. The third-order valence-corrected chi connectivity index (χ3v) is 5.24. The number of hydrogen-bond donors (Lipinski definition) is 2. The molecule has 144 valence electrons. The fraction of sp³-hybridized carbons (Fsp3) is 0.444. The molecule has 0 atom stereocenters. The van der Waals surface area contributed by atoms with Gasteiger partial charge in [-0.05, 0) is 43.4 Å². The van der Waals surface area contributed by atoms with Gasteiger partial charge in [0.25, 0.3) is 0 Å². The zero-order chi connectivity index (χ0) is 16.9. The number of hydrogen-bond acceptors (Lipinski definition) is 4. The van der Waals surface area contributed by atoms with Gasteiger partial charge in [-0.15, -0.1) is 36.2 Å². The van der Waals surface area contributed by atoms with Crippen molar-refractivity contribution in [3.8, 4) is 0 Å². The molecule has 0 unspecified atom stereocenters. The second-order valence-corrected chi connectivity index (χ2v) is 7.33. The molecule has 0 saturated heterocycles. The van der Waals surface area contributed by atoms with Crippen LogP contribution in [0.3, 0.4) is 0 Å². The van der Waals surface area contributed by atoms with Crippen molar-refractivity contribution in [1.29, 1.82) is 0 Å². The van der Waals surface area contributed by atoms with Gasteiger partial charge < -0.3 is 11.1 Å². The Bertz CT molecular complexity index is 688. The molecule has 1 aliphatic rings. The van der Waals surface area contributed by atoms with Gasteiger partial charge in [0.2, 0.25) is 5.91 Å². The maximum absolute atomic E-state index is 12.9. The van der Waals surface area contributed by atoms with Gasteiger partial charge in [-0.1, -0.05) is 12.1 Å². The van der Waals surface area contributed by atoms with E-state index in [0.29, 0.717) is 12.8 Å². The molecule has 1 aromatic heterocycles. The van der Waals surface area contributed by atoms with Crippen LogP contribution in [-0.4, -0.2) is 23.0 Å². The van der Waals surface area contributed by atoms with Gasteiger partial charge in [-0.25, -0.2) is 9.37 Å². The summed E-state index contributed by atoms with van der Waals surface area (Å²) < 4.78 is 12.9. The molecule has 3 rings (SSSR count). The van der Waals surface area contributed by atoms with E-state index in [1.54, 1.807) is 12.1 Å². The maximum Gasteiger partial charge on any atom is 0.226 e. The van der Waals surface area contributed by atoms with E-state index >= 15 is 0 Å². The summed E-state index contributed by atoms with van der Waals surface area (Å²) in [6.45, 7) is 0. The van der Waals surface area contributed by atoms with Gasteiger partial charge in [-0.2, -0.15) is 0 Å². The molecule has 0 spiro atoms. The number of nitrogens with zero attached hydrogens (tertiary/aromatic N) is 1. The van der Waals surface area contributed by atoms with Gasteiger partial charge in [0.15, 0.2) is 0 Å². The molecule has 2 aromatic rings. The number of aromatic nitrogens is 1. The van der Waals surface area contributed by atoms with Crippen molar-refractivity contribution in [2.45, 2.75) is 50.6 Å². The van der Waals surface area contributed by atoms with Crippen LogP contribution in [0.1, 0.15) is 41.9 Å². The minimum absolute atomic E-state index is 0. The molecule has 26 heavy (non-hydrogen) atoms. The molecule has 4 nitrogen and oxygen atoms in total. The van der Waals surface area contributed by atoms with Crippen LogP contribution in [0, 0.1) is 5.82 Å². The number of amides is 1. The van der Waals surface area contributed by atoms with Crippen LogP contribution in [-0.2, 0) is 17.6 Å². The molecule has 3 N–H and O–H groups in total. The lowest BCUT2D eigenvalue weighted by Gasteiger charge is -2.26. The zero-order valence-corrected chi connectivity index (χ0v) is 16.8. The van der Waals surface area contributed by atoms with Crippen LogP contribution in [0.15, 0.2) is 29.6 Å². The predicted octanol–water partition coefficient (Wildman–Crippen LogP) is 3.65. The molecule has 8 heteroatoms. The first-order chi connectivity index (χ1) is 11.6. The topological polar surface area (TPSA) is 68.0 Å². The van der Waals surface area contributed by atoms with Crippen molar-refractivity contribution < 1.29 is 9.18 Å². The summed E-state index contributed by atoms with van der Waals surface area (Å²) in [4.78, 5) is 16.7. The highest BCUT2D eigenvalue weighted by atomic mass is 35.5. The van der Waals surface area contributed by atoms with Gasteiger partial charge >= 0.3 is 0 Å². The van der Waals surface area contributed by atoms with Crippen molar-refractivity contribution in [3.05, 3.63) is 51.7 Å². The van der Waals surface area contributed by atoms with E-state index in [0.717, 1.165) is 41.9 Å². The molecule has 1 aliphatic carbocycles. The van der Waals surface area contributed by atoms with Crippen LogP contribution >= 0.6 is 36.2 Å². The fourth-order valence-electron chi connectivity index (χ4n) is 2.99. The number of nitrogens with two attached hydrogens (primary N) is 1. The molecular formula is C18H24Cl2FN3OS. The number of benzene rings is 1. The van der Waals surface area contributed by atoms with E-state index in [2.05, 4.69) is 10.3 Å². The number of thiazole rings is 1. The zero-order valence-electron chi connectivity index (χ0n) is 14.3. The maximum atomic E-state index is 12.9. The highest BCUT2D eigenvalue weighted by Gasteiger charge is 2.20. The third-order valence-electron chi connectivity index (χ3n) is 4.35. The van der Waals surface area contributed by atoms with Crippen LogP contribution in [0.5, 0.6) is 0 Å². The van der Waals surface area contributed by atoms with Crippen molar-refractivity contribution in [3.63, 3.8) is 0 Å². The summed E-state index contributed by atoms with van der Waals surface area (Å²) in [7, 11) is 0. The van der Waals surface area contributed by atoms with Crippen molar-refractivity contribution in [1.82, 2.24) is 10.3 Å². The Morgan fingerprint density at radius 1 is 1.19 bits per heavy atom.